The molecule has 0 saturated carbocycles. The molecule has 6 nitrogen and oxygen atoms in total. The minimum atomic E-state index is 0.381. The molecule has 1 aromatic rings. The van der Waals surface area contributed by atoms with Crippen molar-refractivity contribution in [2.75, 3.05) is 64.6 Å². The van der Waals surface area contributed by atoms with Gasteiger partial charge in [-0.05, 0) is 56.8 Å². The lowest BCUT2D eigenvalue weighted by Gasteiger charge is -2.35. The Morgan fingerprint density at radius 3 is 2.07 bits per heavy atom. The first-order valence-corrected chi connectivity index (χ1v) is 11.2. The third-order valence-corrected chi connectivity index (χ3v) is 5.30. The summed E-state index contributed by atoms with van der Waals surface area (Å²) in [6, 6.07) is 1.97. The van der Waals surface area contributed by atoms with Crippen LogP contribution in [-0.2, 0) is 6.42 Å². The number of nitrogens with zero attached hydrogens (tertiary/aromatic N) is 5. The summed E-state index contributed by atoms with van der Waals surface area (Å²) < 4.78 is 0. The Bertz CT molecular complexity index is 530. The molecule has 1 fully saturated rings. The Labute approximate surface area is 172 Å². The largest absolute Gasteiger partial charge is 0.368 e. The van der Waals surface area contributed by atoms with Gasteiger partial charge in [-0.15, -0.1) is 0 Å². The first-order valence-electron chi connectivity index (χ1n) is 11.2. The van der Waals surface area contributed by atoms with Crippen molar-refractivity contribution in [3.8, 4) is 0 Å². The van der Waals surface area contributed by atoms with Gasteiger partial charge in [0, 0.05) is 51.2 Å². The molecule has 0 aliphatic carbocycles. The molecule has 0 spiro atoms. The van der Waals surface area contributed by atoms with E-state index in [2.05, 4.69) is 52.4 Å². The molecule has 0 atom stereocenters. The highest BCUT2D eigenvalue weighted by molar-refractivity contribution is 5.17. The van der Waals surface area contributed by atoms with E-state index in [1.807, 2.05) is 6.07 Å². The first kappa shape index (κ1) is 23.0. The fraction of sp³-hybridized carbons (Fsp3) is 0.818. The molecule has 0 amide bonds. The van der Waals surface area contributed by atoms with E-state index in [4.69, 9.17) is 5.73 Å². The Kier molecular flexibility index (Phi) is 10.2. The molecule has 0 bridgehead atoms. The zero-order valence-corrected chi connectivity index (χ0v) is 18.6. The summed E-state index contributed by atoms with van der Waals surface area (Å²) in [7, 11) is 0. The molecule has 160 valence electrons. The van der Waals surface area contributed by atoms with Crippen molar-refractivity contribution < 1.29 is 0 Å². The van der Waals surface area contributed by atoms with E-state index >= 15 is 0 Å². The van der Waals surface area contributed by atoms with Crippen LogP contribution in [0.3, 0.4) is 0 Å². The molecule has 1 aliphatic heterocycles. The highest BCUT2D eigenvalue weighted by Crippen LogP contribution is 2.08. The number of anilines is 1. The van der Waals surface area contributed by atoms with Crippen LogP contribution in [0.1, 0.15) is 46.2 Å². The number of piperazine rings is 1. The summed E-state index contributed by atoms with van der Waals surface area (Å²) in [5.74, 6) is 1.88. The van der Waals surface area contributed by atoms with Crippen molar-refractivity contribution in [1.82, 2.24) is 24.7 Å². The first-order chi connectivity index (χ1) is 13.4. The zero-order chi connectivity index (χ0) is 20.4. The smallest absolute Gasteiger partial charge is 0.220 e. The Morgan fingerprint density at radius 1 is 0.964 bits per heavy atom. The summed E-state index contributed by atoms with van der Waals surface area (Å²) in [6.45, 7) is 20.2. The lowest BCUT2D eigenvalue weighted by Crippen LogP contribution is -2.47. The molecule has 1 aromatic heterocycles. The summed E-state index contributed by atoms with van der Waals surface area (Å²) in [6.07, 6.45) is 5.15. The Balaban J connectivity index is 1.58. The van der Waals surface area contributed by atoms with Crippen molar-refractivity contribution in [1.29, 1.82) is 0 Å². The summed E-state index contributed by atoms with van der Waals surface area (Å²) in [5, 5.41) is 0. The molecule has 28 heavy (non-hydrogen) atoms. The van der Waals surface area contributed by atoms with E-state index < -0.39 is 0 Å². The van der Waals surface area contributed by atoms with E-state index in [0.29, 0.717) is 5.95 Å². The molecule has 2 N–H and O–H groups in total. The van der Waals surface area contributed by atoms with Gasteiger partial charge in [-0.1, -0.05) is 27.7 Å². The van der Waals surface area contributed by atoms with Crippen molar-refractivity contribution >= 4 is 5.95 Å². The molecular formula is C22H42N6. The molecule has 0 unspecified atom stereocenters. The minimum absolute atomic E-state index is 0.381. The number of hydrogen-bond donors (Lipinski definition) is 1. The summed E-state index contributed by atoms with van der Waals surface area (Å²) in [4.78, 5) is 16.1. The fourth-order valence-corrected chi connectivity index (χ4v) is 4.08. The monoisotopic (exact) mass is 390 g/mol. The third-order valence-electron chi connectivity index (χ3n) is 5.30. The number of aromatic nitrogens is 2. The molecule has 6 heteroatoms. The van der Waals surface area contributed by atoms with Crippen molar-refractivity contribution in [3.05, 3.63) is 18.0 Å². The topological polar surface area (TPSA) is 61.5 Å². The second-order valence-electron chi connectivity index (χ2n) is 9.09. The fourth-order valence-electron chi connectivity index (χ4n) is 4.08. The van der Waals surface area contributed by atoms with Gasteiger partial charge in [-0.3, -0.25) is 0 Å². The van der Waals surface area contributed by atoms with Gasteiger partial charge < -0.3 is 20.4 Å². The van der Waals surface area contributed by atoms with Crippen LogP contribution in [0.15, 0.2) is 12.3 Å². The SMILES string of the molecule is CC(C)CN(CCCN1CCN(CCCc2ccnc(N)n2)CC1)CC(C)C. The van der Waals surface area contributed by atoms with E-state index in [0.717, 1.165) is 36.9 Å². The maximum absolute atomic E-state index is 5.65. The maximum atomic E-state index is 5.65. The maximum Gasteiger partial charge on any atom is 0.220 e. The second-order valence-corrected chi connectivity index (χ2v) is 9.09. The van der Waals surface area contributed by atoms with Crippen LogP contribution in [0.5, 0.6) is 0 Å². The van der Waals surface area contributed by atoms with Crippen molar-refractivity contribution in [3.63, 3.8) is 0 Å². The average Bonchev–Trinajstić information content (AvgIpc) is 2.62. The minimum Gasteiger partial charge on any atom is -0.368 e. The van der Waals surface area contributed by atoms with Crippen LogP contribution in [0.4, 0.5) is 5.95 Å². The van der Waals surface area contributed by atoms with Crippen LogP contribution < -0.4 is 5.73 Å². The molecule has 2 heterocycles. The molecular weight excluding hydrogens is 348 g/mol. The third kappa shape index (κ3) is 9.30. The molecule has 1 saturated heterocycles. The number of aryl methyl sites for hydroxylation is 1. The van der Waals surface area contributed by atoms with Gasteiger partial charge in [0.15, 0.2) is 0 Å². The highest BCUT2D eigenvalue weighted by atomic mass is 15.3. The van der Waals surface area contributed by atoms with E-state index in [1.165, 1.54) is 58.8 Å². The number of nitrogens with two attached hydrogens (primary N) is 1. The lowest BCUT2D eigenvalue weighted by molar-refractivity contribution is 0.123. The average molecular weight is 391 g/mol. The quantitative estimate of drug-likeness (QED) is 0.592. The van der Waals surface area contributed by atoms with Crippen LogP contribution in [-0.4, -0.2) is 83.6 Å². The standard InChI is InChI=1S/C22H42N6/c1-19(2)17-28(18-20(3)4)12-6-11-27-15-13-26(14-16-27)10-5-7-21-8-9-24-22(23)25-21/h8-9,19-20H,5-7,10-18H2,1-4H3,(H2,23,24,25). The summed E-state index contributed by atoms with van der Waals surface area (Å²) >= 11 is 0. The van der Waals surface area contributed by atoms with Gasteiger partial charge in [0.25, 0.3) is 0 Å². The van der Waals surface area contributed by atoms with Crippen LogP contribution in [0.2, 0.25) is 0 Å². The molecule has 0 radical (unpaired) electrons. The Morgan fingerprint density at radius 2 is 1.54 bits per heavy atom. The normalized spacial score (nSPS) is 16.5. The Hall–Kier alpha value is -1.24. The highest BCUT2D eigenvalue weighted by Gasteiger charge is 2.17. The van der Waals surface area contributed by atoms with E-state index in [9.17, 15) is 0 Å². The van der Waals surface area contributed by atoms with Crippen molar-refractivity contribution in [2.45, 2.75) is 47.0 Å². The second kappa shape index (κ2) is 12.3. The van der Waals surface area contributed by atoms with E-state index in [1.54, 1.807) is 6.20 Å². The van der Waals surface area contributed by atoms with E-state index in [-0.39, 0.29) is 0 Å². The van der Waals surface area contributed by atoms with Crippen LogP contribution in [0.25, 0.3) is 0 Å². The van der Waals surface area contributed by atoms with Gasteiger partial charge in [0.05, 0.1) is 0 Å². The zero-order valence-electron chi connectivity index (χ0n) is 18.6. The number of nitrogen functional groups attached to an aromatic ring is 1. The van der Waals surface area contributed by atoms with Gasteiger partial charge in [-0.2, -0.15) is 0 Å². The van der Waals surface area contributed by atoms with Gasteiger partial charge >= 0.3 is 0 Å². The molecule has 1 aliphatic rings. The predicted molar refractivity (Wildman–Crippen MR) is 118 cm³/mol. The lowest BCUT2D eigenvalue weighted by atomic mass is 10.1. The van der Waals surface area contributed by atoms with Crippen LogP contribution >= 0.6 is 0 Å². The van der Waals surface area contributed by atoms with Crippen molar-refractivity contribution in [2.24, 2.45) is 11.8 Å². The van der Waals surface area contributed by atoms with Gasteiger partial charge in [-0.25, -0.2) is 9.97 Å². The number of hydrogen-bond acceptors (Lipinski definition) is 6. The van der Waals surface area contributed by atoms with Gasteiger partial charge in [0.1, 0.15) is 0 Å². The van der Waals surface area contributed by atoms with Gasteiger partial charge in [0.2, 0.25) is 5.95 Å². The summed E-state index contributed by atoms with van der Waals surface area (Å²) in [5.41, 5.74) is 6.71. The molecule has 2 rings (SSSR count). The van der Waals surface area contributed by atoms with Crippen LogP contribution in [0, 0.1) is 11.8 Å². The predicted octanol–water partition coefficient (Wildman–Crippen LogP) is 2.61. The molecule has 0 aromatic carbocycles. The number of rotatable bonds is 12.